The lowest BCUT2D eigenvalue weighted by Crippen LogP contribution is -2.38. The van der Waals surface area contributed by atoms with Gasteiger partial charge in [-0.1, -0.05) is 25.0 Å². The van der Waals surface area contributed by atoms with Crippen LogP contribution in [0.1, 0.15) is 37.3 Å². The van der Waals surface area contributed by atoms with Crippen LogP contribution in [0, 0.1) is 0 Å². The Bertz CT molecular complexity index is 495. The van der Waals surface area contributed by atoms with Gasteiger partial charge < -0.3 is 16.2 Å². The van der Waals surface area contributed by atoms with Crippen molar-refractivity contribution in [3.8, 4) is 5.75 Å². The van der Waals surface area contributed by atoms with E-state index in [2.05, 4.69) is 5.32 Å². The molecule has 6 heteroatoms. The Kier molecular flexibility index (Phi) is 5.16. The predicted octanol–water partition coefficient (Wildman–Crippen LogP) is 0.609. The zero-order chi connectivity index (χ0) is 15.2. The first-order chi connectivity index (χ1) is 10.1. The number of hydrogen-bond donors (Lipinski definition) is 3. The van der Waals surface area contributed by atoms with E-state index in [4.69, 9.17) is 16.2 Å². The zero-order valence-corrected chi connectivity index (χ0v) is 11.9. The summed E-state index contributed by atoms with van der Waals surface area (Å²) < 4.78 is 5.18. The first-order valence-electron chi connectivity index (χ1n) is 7.12. The average Bonchev–Trinajstić information content (AvgIpc) is 2.96. The third-order valence-corrected chi connectivity index (χ3v) is 3.64. The average molecular weight is 291 g/mol. The summed E-state index contributed by atoms with van der Waals surface area (Å²) >= 11 is 0. The molecule has 0 heterocycles. The molecule has 1 aliphatic rings. The third kappa shape index (κ3) is 4.46. The number of carbonyl (C=O) groups excluding carboxylic acids is 2. The number of rotatable bonds is 7. The summed E-state index contributed by atoms with van der Waals surface area (Å²) in [5.74, 6) is -0.397. The number of benzene rings is 1. The van der Waals surface area contributed by atoms with Gasteiger partial charge in [0.1, 0.15) is 11.8 Å². The summed E-state index contributed by atoms with van der Waals surface area (Å²) in [6.45, 7) is -0.168. The lowest BCUT2D eigenvalue weighted by molar-refractivity contribution is -0.120. The summed E-state index contributed by atoms with van der Waals surface area (Å²) in [6.07, 6.45) is 4.51. The van der Waals surface area contributed by atoms with Crippen LogP contribution in [0.2, 0.25) is 0 Å². The molecule has 0 saturated heterocycles. The van der Waals surface area contributed by atoms with Crippen LogP contribution in [0.3, 0.4) is 0 Å². The number of amides is 2. The van der Waals surface area contributed by atoms with Crippen LogP contribution in [-0.4, -0.2) is 24.5 Å². The van der Waals surface area contributed by atoms with E-state index in [1.54, 1.807) is 24.3 Å². The van der Waals surface area contributed by atoms with Crippen LogP contribution in [-0.2, 0) is 9.59 Å². The number of carbonyl (C=O) groups is 2. The van der Waals surface area contributed by atoms with E-state index in [1.165, 1.54) is 12.8 Å². The Labute approximate surface area is 123 Å². The monoisotopic (exact) mass is 291 g/mol. The first-order valence-corrected chi connectivity index (χ1v) is 7.12. The zero-order valence-electron chi connectivity index (χ0n) is 11.9. The smallest absolute Gasteiger partial charge is 0.255 e. The van der Waals surface area contributed by atoms with Gasteiger partial charge in [0.15, 0.2) is 6.61 Å². The topological polar surface area (TPSA) is 107 Å². The van der Waals surface area contributed by atoms with Gasteiger partial charge in [-0.3, -0.25) is 14.9 Å². The van der Waals surface area contributed by atoms with Gasteiger partial charge in [0, 0.05) is 6.04 Å². The lowest BCUT2D eigenvalue weighted by atomic mass is 10.0. The second kappa shape index (κ2) is 7.08. The maximum absolute atomic E-state index is 11.7. The van der Waals surface area contributed by atoms with E-state index in [1.807, 2.05) is 0 Å². The number of hydrogen-bond acceptors (Lipinski definition) is 4. The Morgan fingerprint density at radius 1 is 1.19 bits per heavy atom. The molecule has 1 unspecified atom stereocenters. The van der Waals surface area contributed by atoms with Gasteiger partial charge in [-0.25, -0.2) is 0 Å². The SMILES string of the molecule is NC(=O)COc1ccc(C(NC2CCCC2)C(N)=O)cc1. The van der Waals surface area contributed by atoms with E-state index in [-0.39, 0.29) is 6.61 Å². The summed E-state index contributed by atoms with van der Waals surface area (Å²) in [4.78, 5) is 22.3. The van der Waals surface area contributed by atoms with Gasteiger partial charge >= 0.3 is 0 Å². The predicted molar refractivity (Wildman–Crippen MR) is 78.5 cm³/mol. The lowest BCUT2D eigenvalue weighted by Gasteiger charge is -2.20. The second-order valence-corrected chi connectivity index (χ2v) is 5.31. The summed E-state index contributed by atoms with van der Waals surface area (Å²) in [5.41, 5.74) is 11.3. The fourth-order valence-corrected chi connectivity index (χ4v) is 2.58. The highest BCUT2D eigenvalue weighted by atomic mass is 16.5. The molecule has 0 aromatic heterocycles. The maximum atomic E-state index is 11.7. The molecular formula is C15H21N3O3. The highest BCUT2D eigenvalue weighted by molar-refractivity contribution is 5.81. The third-order valence-electron chi connectivity index (χ3n) is 3.64. The molecule has 1 aromatic carbocycles. The molecular weight excluding hydrogens is 270 g/mol. The van der Waals surface area contributed by atoms with Gasteiger partial charge in [0.25, 0.3) is 5.91 Å². The molecule has 6 nitrogen and oxygen atoms in total. The van der Waals surface area contributed by atoms with Crippen molar-refractivity contribution in [1.29, 1.82) is 0 Å². The van der Waals surface area contributed by atoms with Crippen LogP contribution < -0.4 is 21.5 Å². The molecule has 0 aliphatic heterocycles. The number of primary amides is 2. The van der Waals surface area contributed by atoms with Gasteiger partial charge in [-0.15, -0.1) is 0 Å². The molecule has 0 radical (unpaired) electrons. The quantitative estimate of drug-likeness (QED) is 0.684. The fraction of sp³-hybridized carbons (Fsp3) is 0.467. The van der Waals surface area contributed by atoms with Crippen molar-refractivity contribution < 1.29 is 14.3 Å². The normalized spacial score (nSPS) is 16.6. The molecule has 1 atom stereocenters. The molecule has 21 heavy (non-hydrogen) atoms. The van der Waals surface area contributed by atoms with Crippen LogP contribution in [0.15, 0.2) is 24.3 Å². The Morgan fingerprint density at radius 3 is 2.33 bits per heavy atom. The maximum Gasteiger partial charge on any atom is 0.255 e. The van der Waals surface area contributed by atoms with Crippen molar-refractivity contribution >= 4 is 11.8 Å². The molecule has 0 bridgehead atoms. The van der Waals surface area contributed by atoms with E-state index >= 15 is 0 Å². The van der Waals surface area contributed by atoms with Crippen molar-refractivity contribution in [3.05, 3.63) is 29.8 Å². The summed E-state index contributed by atoms with van der Waals surface area (Å²) in [7, 11) is 0. The number of nitrogens with two attached hydrogens (primary N) is 2. The standard InChI is InChI=1S/C15H21N3O3/c16-13(19)9-21-12-7-5-10(6-8-12)14(15(17)20)18-11-3-1-2-4-11/h5-8,11,14,18H,1-4,9H2,(H2,16,19)(H2,17,20). The van der Waals surface area contributed by atoms with Gasteiger partial charge in [-0.2, -0.15) is 0 Å². The molecule has 1 aromatic rings. The Morgan fingerprint density at radius 2 is 1.81 bits per heavy atom. The molecule has 114 valence electrons. The number of ether oxygens (including phenoxy) is 1. The largest absolute Gasteiger partial charge is 0.484 e. The molecule has 2 amide bonds. The van der Waals surface area contributed by atoms with E-state index in [0.29, 0.717) is 11.8 Å². The minimum atomic E-state index is -0.531. The molecule has 5 N–H and O–H groups in total. The molecule has 1 aliphatic carbocycles. The summed E-state index contributed by atoms with van der Waals surface area (Å²) in [5, 5.41) is 3.31. The molecule has 0 spiro atoms. The second-order valence-electron chi connectivity index (χ2n) is 5.31. The van der Waals surface area contributed by atoms with Crippen LogP contribution in [0.4, 0.5) is 0 Å². The number of nitrogens with one attached hydrogen (secondary N) is 1. The van der Waals surface area contributed by atoms with Gasteiger partial charge in [-0.05, 0) is 30.5 Å². The fourth-order valence-electron chi connectivity index (χ4n) is 2.58. The van der Waals surface area contributed by atoms with Gasteiger partial charge in [0.05, 0.1) is 0 Å². The highest BCUT2D eigenvalue weighted by Gasteiger charge is 2.23. The molecule has 1 saturated carbocycles. The van der Waals surface area contributed by atoms with Crippen molar-refractivity contribution in [2.45, 2.75) is 37.8 Å². The Balaban J connectivity index is 2.02. The first kappa shape index (κ1) is 15.3. The van der Waals surface area contributed by atoms with Crippen molar-refractivity contribution in [3.63, 3.8) is 0 Å². The van der Waals surface area contributed by atoms with Crippen molar-refractivity contribution in [2.24, 2.45) is 11.5 Å². The summed E-state index contributed by atoms with van der Waals surface area (Å²) in [6, 6.07) is 6.78. The van der Waals surface area contributed by atoms with E-state index in [9.17, 15) is 9.59 Å². The highest BCUT2D eigenvalue weighted by Crippen LogP contribution is 2.23. The van der Waals surface area contributed by atoms with E-state index in [0.717, 1.165) is 18.4 Å². The Hall–Kier alpha value is -2.08. The van der Waals surface area contributed by atoms with Crippen LogP contribution in [0.5, 0.6) is 5.75 Å². The van der Waals surface area contributed by atoms with Crippen molar-refractivity contribution in [1.82, 2.24) is 5.32 Å². The molecule has 2 rings (SSSR count). The minimum absolute atomic E-state index is 0.168. The molecule has 1 fully saturated rings. The van der Waals surface area contributed by atoms with Crippen molar-refractivity contribution in [2.75, 3.05) is 6.61 Å². The van der Waals surface area contributed by atoms with Crippen LogP contribution in [0.25, 0.3) is 0 Å². The minimum Gasteiger partial charge on any atom is -0.484 e. The van der Waals surface area contributed by atoms with Gasteiger partial charge in [0.2, 0.25) is 5.91 Å². The van der Waals surface area contributed by atoms with Crippen LogP contribution >= 0.6 is 0 Å². The van der Waals surface area contributed by atoms with E-state index < -0.39 is 17.9 Å².